The van der Waals surface area contributed by atoms with Gasteiger partial charge in [-0.15, -0.1) is 0 Å². The van der Waals surface area contributed by atoms with Crippen molar-refractivity contribution < 1.29 is 43.0 Å². The van der Waals surface area contributed by atoms with Crippen LogP contribution in [0.3, 0.4) is 0 Å². The molecule has 0 aliphatic heterocycles. The molecule has 208 valence electrons. The second-order valence-electron chi connectivity index (χ2n) is 8.27. The maximum Gasteiger partial charge on any atom is 0.472 e. The zero-order valence-electron chi connectivity index (χ0n) is 21.3. The van der Waals surface area contributed by atoms with Crippen molar-refractivity contribution in [3.8, 4) is 5.75 Å². The smallest absolute Gasteiger partial charge is 0.472 e. The fourth-order valence-corrected chi connectivity index (χ4v) is 4.38. The maximum absolute atomic E-state index is 12.0. The summed E-state index contributed by atoms with van der Waals surface area (Å²) < 4.78 is 34.0. The van der Waals surface area contributed by atoms with Crippen LogP contribution in [0.5, 0.6) is 5.75 Å². The molecule has 0 fully saturated rings. The standard InChI is InChI=1S/C24H33N4O9P/c1-3-4-5-6-21(31)35-14-17(30)15-37-38(32,33)36-12-11-34-18-7-8-19-20(13-18)27-24(25)22-23(19)28(9-10-29)16(2)26-22/h4-5,7-8,13,17,29-30H,3,6,9-12,14-15H2,1-2H3,(H2,25,27)(H,32,33)/b5-4-/t17-/m1/s1. The molecule has 0 spiro atoms. The summed E-state index contributed by atoms with van der Waals surface area (Å²) in [7, 11) is -4.47. The number of phosphoric acid groups is 1. The van der Waals surface area contributed by atoms with Crippen LogP contribution in [-0.2, 0) is 29.7 Å². The first kappa shape index (κ1) is 29.5. The highest BCUT2D eigenvalue weighted by Crippen LogP contribution is 2.43. The SMILES string of the molecule is CC/C=C\CC(=O)OC[C@@H](O)COP(=O)(O)OCCOc1ccc2c(c1)nc(N)c1nc(C)n(CCO)c12. The van der Waals surface area contributed by atoms with Crippen molar-refractivity contribution in [3.05, 3.63) is 36.2 Å². The summed E-state index contributed by atoms with van der Waals surface area (Å²) in [5.41, 5.74) is 7.97. The van der Waals surface area contributed by atoms with Gasteiger partial charge in [-0.2, -0.15) is 0 Å². The van der Waals surface area contributed by atoms with Crippen LogP contribution in [-0.4, -0.2) is 74.7 Å². The molecule has 2 aromatic heterocycles. The molecule has 0 saturated carbocycles. The average Bonchev–Trinajstić information content (AvgIpc) is 3.21. The number of aliphatic hydroxyl groups excluding tert-OH is 2. The third-order valence-corrected chi connectivity index (χ3v) is 6.33. The van der Waals surface area contributed by atoms with Crippen molar-refractivity contribution in [2.24, 2.45) is 0 Å². The Kier molecular flexibility index (Phi) is 10.6. The Bertz CT molecular complexity index is 1330. The lowest BCUT2D eigenvalue weighted by molar-refractivity contribution is -0.146. The first-order valence-electron chi connectivity index (χ1n) is 12.1. The Morgan fingerprint density at radius 3 is 2.74 bits per heavy atom. The molecule has 3 rings (SSSR count). The van der Waals surface area contributed by atoms with E-state index in [4.69, 9.17) is 24.3 Å². The van der Waals surface area contributed by atoms with Gasteiger partial charge >= 0.3 is 13.8 Å². The second-order valence-corrected chi connectivity index (χ2v) is 9.73. The second kappa shape index (κ2) is 13.7. The van der Waals surface area contributed by atoms with E-state index in [1.807, 2.05) is 24.5 Å². The molecule has 14 heteroatoms. The predicted molar refractivity (Wildman–Crippen MR) is 140 cm³/mol. The van der Waals surface area contributed by atoms with E-state index in [1.165, 1.54) is 0 Å². The number of carbonyl (C=O) groups is 1. The summed E-state index contributed by atoms with van der Waals surface area (Å²) in [5, 5.41) is 20.0. The van der Waals surface area contributed by atoms with E-state index in [9.17, 15) is 24.5 Å². The van der Waals surface area contributed by atoms with E-state index in [0.717, 1.165) is 17.3 Å². The number of benzene rings is 1. The van der Waals surface area contributed by atoms with Gasteiger partial charge in [-0.05, 0) is 25.5 Å². The molecule has 1 unspecified atom stereocenters. The highest BCUT2D eigenvalue weighted by Gasteiger charge is 2.23. The minimum atomic E-state index is -4.47. The lowest BCUT2D eigenvalue weighted by Gasteiger charge is -2.15. The number of anilines is 1. The van der Waals surface area contributed by atoms with Crippen LogP contribution in [0.4, 0.5) is 5.82 Å². The number of nitrogens with zero attached hydrogens (tertiary/aromatic N) is 3. The van der Waals surface area contributed by atoms with Gasteiger partial charge in [0, 0.05) is 18.0 Å². The largest absolute Gasteiger partial charge is 0.491 e. The number of ether oxygens (including phenoxy) is 2. The molecule has 0 radical (unpaired) electrons. The minimum Gasteiger partial charge on any atom is -0.491 e. The van der Waals surface area contributed by atoms with E-state index in [2.05, 4.69) is 9.97 Å². The normalized spacial score (nSPS) is 14.2. The molecule has 0 aliphatic carbocycles. The van der Waals surface area contributed by atoms with Crippen LogP contribution < -0.4 is 10.5 Å². The van der Waals surface area contributed by atoms with Crippen molar-refractivity contribution in [2.45, 2.75) is 39.3 Å². The Morgan fingerprint density at radius 2 is 2.00 bits per heavy atom. The Labute approximate surface area is 219 Å². The van der Waals surface area contributed by atoms with E-state index in [-0.39, 0.29) is 38.7 Å². The lowest BCUT2D eigenvalue weighted by Crippen LogP contribution is -2.23. The Balaban J connectivity index is 1.49. The molecule has 2 heterocycles. The number of hydrogen-bond acceptors (Lipinski definition) is 11. The van der Waals surface area contributed by atoms with Gasteiger partial charge in [0.15, 0.2) is 5.82 Å². The average molecular weight is 553 g/mol. The highest BCUT2D eigenvalue weighted by atomic mass is 31.2. The molecular formula is C24H33N4O9P. The number of phosphoric ester groups is 1. The van der Waals surface area contributed by atoms with E-state index in [1.54, 1.807) is 24.3 Å². The van der Waals surface area contributed by atoms with Crippen LogP contribution in [0, 0.1) is 6.92 Å². The van der Waals surface area contributed by atoms with Crippen molar-refractivity contribution in [2.75, 3.05) is 38.8 Å². The van der Waals surface area contributed by atoms with Crippen LogP contribution in [0.1, 0.15) is 25.6 Å². The van der Waals surface area contributed by atoms with E-state index in [0.29, 0.717) is 29.2 Å². The molecule has 0 aliphatic rings. The third-order valence-electron chi connectivity index (χ3n) is 5.35. The summed E-state index contributed by atoms with van der Waals surface area (Å²) in [5.74, 6) is 0.848. The number of rotatable bonds is 15. The number of aromatic nitrogens is 3. The van der Waals surface area contributed by atoms with Crippen molar-refractivity contribution in [1.82, 2.24) is 14.5 Å². The summed E-state index contributed by atoms with van der Waals surface area (Å²) in [4.78, 5) is 30.2. The number of imidazole rings is 1. The summed E-state index contributed by atoms with van der Waals surface area (Å²) in [6.07, 6.45) is 3.03. The highest BCUT2D eigenvalue weighted by molar-refractivity contribution is 7.47. The molecule has 0 amide bonds. The number of carbonyl (C=O) groups excluding carboxylic acids is 1. The summed E-state index contributed by atoms with van der Waals surface area (Å²) in [6, 6.07) is 5.17. The summed E-state index contributed by atoms with van der Waals surface area (Å²) in [6.45, 7) is 2.75. The van der Waals surface area contributed by atoms with Gasteiger partial charge in [0.1, 0.15) is 36.4 Å². The number of nitrogens with two attached hydrogens (primary N) is 1. The molecule has 0 bridgehead atoms. The molecular weight excluding hydrogens is 519 g/mol. The van der Waals surface area contributed by atoms with Gasteiger partial charge in [-0.25, -0.2) is 14.5 Å². The molecule has 1 aromatic carbocycles. The maximum atomic E-state index is 12.0. The first-order chi connectivity index (χ1) is 18.1. The summed E-state index contributed by atoms with van der Waals surface area (Å²) >= 11 is 0. The number of aryl methyl sites for hydroxylation is 1. The third kappa shape index (κ3) is 7.97. The zero-order chi connectivity index (χ0) is 27.7. The van der Waals surface area contributed by atoms with E-state index >= 15 is 0 Å². The number of pyridine rings is 1. The quantitative estimate of drug-likeness (QED) is 0.0933. The topological polar surface area (TPSA) is 188 Å². The Hall–Kier alpha value is -3.06. The molecule has 3 aromatic rings. The number of esters is 1. The van der Waals surface area contributed by atoms with Gasteiger partial charge in [-0.3, -0.25) is 13.8 Å². The van der Waals surface area contributed by atoms with E-state index < -0.39 is 26.5 Å². The van der Waals surface area contributed by atoms with Crippen molar-refractivity contribution in [3.63, 3.8) is 0 Å². The van der Waals surface area contributed by atoms with Gasteiger partial charge in [0.2, 0.25) is 0 Å². The number of hydrogen-bond donors (Lipinski definition) is 4. The lowest BCUT2D eigenvalue weighted by atomic mass is 10.1. The number of fused-ring (bicyclic) bond motifs is 3. The van der Waals surface area contributed by atoms with Gasteiger partial charge in [-0.1, -0.05) is 19.1 Å². The molecule has 38 heavy (non-hydrogen) atoms. The molecule has 5 N–H and O–H groups in total. The fraction of sp³-hybridized carbons (Fsp3) is 0.458. The first-order valence-corrected chi connectivity index (χ1v) is 13.5. The zero-order valence-corrected chi connectivity index (χ0v) is 22.2. The monoisotopic (exact) mass is 552 g/mol. The van der Waals surface area contributed by atoms with Crippen LogP contribution in [0.2, 0.25) is 0 Å². The van der Waals surface area contributed by atoms with Crippen molar-refractivity contribution >= 4 is 41.5 Å². The van der Waals surface area contributed by atoms with Gasteiger partial charge in [0.05, 0.1) is 37.3 Å². The van der Waals surface area contributed by atoms with Crippen molar-refractivity contribution in [1.29, 1.82) is 0 Å². The fourth-order valence-electron chi connectivity index (χ4n) is 3.64. The van der Waals surface area contributed by atoms with Gasteiger partial charge < -0.3 is 34.9 Å². The number of nitrogen functional groups attached to an aromatic ring is 1. The molecule has 2 atom stereocenters. The number of allylic oxidation sites excluding steroid dienone is 1. The minimum absolute atomic E-state index is 0.0566. The van der Waals surface area contributed by atoms with Crippen LogP contribution in [0.15, 0.2) is 30.4 Å². The van der Waals surface area contributed by atoms with Crippen LogP contribution in [0.25, 0.3) is 21.9 Å². The molecule has 0 saturated heterocycles. The van der Waals surface area contributed by atoms with Gasteiger partial charge in [0.25, 0.3) is 0 Å². The molecule has 13 nitrogen and oxygen atoms in total. The number of aliphatic hydroxyl groups is 2. The Morgan fingerprint density at radius 1 is 1.21 bits per heavy atom. The predicted octanol–water partition coefficient (Wildman–Crippen LogP) is 2.24. The van der Waals surface area contributed by atoms with Crippen LogP contribution >= 0.6 is 7.82 Å².